The van der Waals surface area contributed by atoms with E-state index in [1.54, 1.807) is 10.7 Å². The summed E-state index contributed by atoms with van der Waals surface area (Å²) in [5.41, 5.74) is 1.11. The predicted octanol–water partition coefficient (Wildman–Crippen LogP) is 1.32. The largest absolute Gasteiger partial charge is 0.463 e. The van der Waals surface area contributed by atoms with Crippen molar-refractivity contribution < 1.29 is 9.47 Å². The van der Waals surface area contributed by atoms with E-state index in [1.165, 1.54) is 0 Å². The van der Waals surface area contributed by atoms with Crippen LogP contribution in [0.15, 0.2) is 18.5 Å². The van der Waals surface area contributed by atoms with Gasteiger partial charge in [0.25, 0.3) is 0 Å². The summed E-state index contributed by atoms with van der Waals surface area (Å²) in [7, 11) is 1.89. The Balaban J connectivity index is 1.61. The first-order valence-electron chi connectivity index (χ1n) is 7.18. The van der Waals surface area contributed by atoms with E-state index < -0.39 is 0 Å². The van der Waals surface area contributed by atoms with E-state index in [0.717, 1.165) is 30.9 Å². The van der Waals surface area contributed by atoms with Crippen LogP contribution in [-0.4, -0.2) is 52.7 Å². The van der Waals surface area contributed by atoms with Crippen LogP contribution in [0.25, 0.3) is 0 Å². The normalized spacial score (nSPS) is 15.1. The third-order valence-corrected chi connectivity index (χ3v) is 3.57. The highest BCUT2D eigenvalue weighted by molar-refractivity contribution is 6.29. The van der Waals surface area contributed by atoms with Gasteiger partial charge in [-0.05, 0) is 5.56 Å². The van der Waals surface area contributed by atoms with Crippen LogP contribution in [0.1, 0.15) is 5.56 Å². The molecule has 7 nitrogen and oxygen atoms in total. The second kappa shape index (κ2) is 6.93. The Morgan fingerprint density at radius 1 is 1.32 bits per heavy atom. The molecule has 0 unspecified atom stereocenters. The van der Waals surface area contributed by atoms with E-state index in [-0.39, 0.29) is 0 Å². The number of aromatic nitrogens is 4. The Bertz CT molecular complexity index is 627. The molecule has 0 aliphatic carbocycles. The molecule has 0 radical (unpaired) electrons. The summed E-state index contributed by atoms with van der Waals surface area (Å²) in [6.07, 6.45) is 4.53. The Morgan fingerprint density at radius 3 is 2.86 bits per heavy atom. The fraction of sp³-hybridized carbons (Fsp3) is 0.500. The Hall–Kier alpha value is -1.86. The molecule has 2 aromatic heterocycles. The van der Waals surface area contributed by atoms with E-state index in [0.29, 0.717) is 31.0 Å². The fourth-order valence-corrected chi connectivity index (χ4v) is 2.44. The number of nitrogens with zero attached hydrogens (tertiary/aromatic N) is 5. The lowest BCUT2D eigenvalue weighted by molar-refractivity contribution is 0.122. The van der Waals surface area contributed by atoms with Crippen LogP contribution in [-0.2, 0) is 18.2 Å². The topological polar surface area (TPSA) is 65.3 Å². The first kappa shape index (κ1) is 15.1. The number of aryl methyl sites for hydroxylation is 1. The Labute approximate surface area is 133 Å². The number of halogens is 1. The lowest BCUT2D eigenvalue weighted by atomic mass is 10.3. The molecule has 1 aliphatic heterocycles. The van der Waals surface area contributed by atoms with Crippen molar-refractivity contribution in [2.75, 3.05) is 37.8 Å². The predicted molar refractivity (Wildman–Crippen MR) is 82.5 cm³/mol. The monoisotopic (exact) mass is 323 g/mol. The maximum absolute atomic E-state index is 6.07. The SMILES string of the molecule is Cn1cc(CCOc2nc(Cl)cc(N3CCOCC3)n2)cn1. The number of rotatable bonds is 5. The molecule has 0 bridgehead atoms. The van der Waals surface area contributed by atoms with Gasteiger partial charge in [0.1, 0.15) is 11.0 Å². The maximum Gasteiger partial charge on any atom is 0.319 e. The zero-order valence-corrected chi connectivity index (χ0v) is 13.2. The molecule has 1 saturated heterocycles. The van der Waals surface area contributed by atoms with Gasteiger partial charge in [-0.3, -0.25) is 4.68 Å². The number of hydrogen-bond donors (Lipinski definition) is 0. The molecule has 118 valence electrons. The van der Waals surface area contributed by atoms with E-state index in [9.17, 15) is 0 Å². The highest BCUT2D eigenvalue weighted by Gasteiger charge is 2.15. The quantitative estimate of drug-likeness (QED) is 0.773. The van der Waals surface area contributed by atoms with Crippen LogP contribution >= 0.6 is 11.6 Å². The molecular weight excluding hydrogens is 306 g/mol. The van der Waals surface area contributed by atoms with Gasteiger partial charge in [0.2, 0.25) is 0 Å². The van der Waals surface area contributed by atoms with E-state index >= 15 is 0 Å². The molecule has 2 aromatic rings. The summed E-state index contributed by atoms with van der Waals surface area (Å²) in [5, 5.41) is 4.50. The molecule has 8 heteroatoms. The molecule has 0 spiro atoms. The molecule has 22 heavy (non-hydrogen) atoms. The van der Waals surface area contributed by atoms with Gasteiger partial charge in [0.15, 0.2) is 0 Å². The van der Waals surface area contributed by atoms with Gasteiger partial charge < -0.3 is 14.4 Å². The van der Waals surface area contributed by atoms with Crippen molar-refractivity contribution in [1.82, 2.24) is 19.7 Å². The molecule has 1 aliphatic rings. The molecule has 0 atom stereocenters. The second-order valence-corrected chi connectivity index (χ2v) is 5.44. The zero-order chi connectivity index (χ0) is 15.4. The molecule has 1 fully saturated rings. The summed E-state index contributed by atoms with van der Waals surface area (Å²) in [4.78, 5) is 10.7. The van der Waals surface area contributed by atoms with Crippen LogP contribution < -0.4 is 9.64 Å². The first-order chi connectivity index (χ1) is 10.7. The second-order valence-electron chi connectivity index (χ2n) is 5.05. The minimum atomic E-state index is 0.304. The van der Waals surface area contributed by atoms with Crippen molar-refractivity contribution in [1.29, 1.82) is 0 Å². The molecule has 0 saturated carbocycles. The summed E-state index contributed by atoms with van der Waals surface area (Å²) < 4.78 is 12.7. The van der Waals surface area contributed by atoms with Crippen molar-refractivity contribution in [2.45, 2.75) is 6.42 Å². The van der Waals surface area contributed by atoms with E-state index in [1.807, 2.05) is 19.4 Å². The van der Waals surface area contributed by atoms with Crippen LogP contribution in [0.5, 0.6) is 6.01 Å². The molecule has 0 N–H and O–H groups in total. The Kier molecular flexibility index (Phi) is 4.74. The number of hydrogen-bond acceptors (Lipinski definition) is 6. The van der Waals surface area contributed by atoms with E-state index in [2.05, 4.69) is 20.0 Å². The van der Waals surface area contributed by atoms with Crippen molar-refractivity contribution in [2.24, 2.45) is 7.05 Å². The molecular formula is C14H18ClN5O2. The summed E-state index contributed by atoms with van der Waals surface area (Å²) in [6.45, 7) is 3.46. The van der Waals surface area contributed by atoms with Gasteiger partial charge in [-0.15, -0.1) is 0 Å². The molecule has 3 rings (SSSR count). The third-order valence-electron chi connectivity index (χ3n) is 3.38. The van der Waals surface area contributed by atoms with E-state index in [4.69, 9.17) is 21.1 Å². The van der Waals surface area contributed by atoms with Gasteiger partial charge in [-0.1, -0.05) is 11.6 Å². The summed E-state index contributed by atoms with van der Waals surface area (Å²) in [5.74, 6) is 0.777. The third kappa shape index (κ3) is 3.86. The lowest BCUT2D eigenvalue weighted by Gasteiger charge is -2.27. The van der Waals surface area contributed by atoms with Crippen molar-refractivity contribution >= 4 is 17.4 Å². The average Bonchev–Trinajstić information content (AvgIpc) is 2.93. The van der Waals surface area contributed by atoms with Crippen molar-refractivity contribution in [3.05, 3.63) is 29.2 Å². The van der Waals surface area contributed by atoms with Gasteiger partial charge in [0.05, 0.1) is 26.0 Å². The number of anilines is 1. The van der Waals surface area contributed by atoms with Crippen molar-refractivity contribution in [3.8, 4) is 6.01 Å². The minimum Gasteiger partial charge on any atom is -0.463 e. The highest BCUT2D eigenvalue weighted by Crippen LogP contribution is 2.20. The first-order valence-corrected chi connectivity index (χ1v) is 7.56. The van der Waals surface area contributed by atoms with Gasteiger partial charge in [-0.25, -0.2) is 0 Å². The van der Waals surface area contributed by atoms with Crippen LogP contribution in [0.3, 0.4) is 0 Å². The van der Waals surface area contributed by atoms with Crippen LogP contribution in [0, 0.1) is 0 Å². The van der Waals surface area contributed by atoms with Gasteiger partial charge in [0, 0.05) is 38.8 Å². The maximum atomic E-state index is 6.07. The highest BCUT2D eigenvalue weighted by atomic mass is 35.5. The fourth-order valence-electron chi connectivity index (χ4n) is 2.27. The summed E-state index contributed by atoms with van der Waals surface area (Å²) >= 11 is 6.07. The minimum absolute atomic E-state index is 0.304. The average molecular weight is 324 g/mol. The van der Waals surface area contributed by atoms with Crippen molar-refractivity contribution in [3.63, 3.8) is 0 Å². The number of ether oxygens (including phenoxy) is 2. The lowest BCUT2D eigenvalue weighted by Crippen LogP contribution is -2.36. The Morgan fingerprint density at radius 2 is 2.14 bits per heavy atom. The zero-order valence-electron chi connectivity index (χ0n) is 12.4. The molecule has 0 aromatic carbocycles. The van der Waals surface area contributed by atoms with Crippen LogP contribution in [0.2, 0.25) is 5.15 Å². The molecule has 0 amide bonds. The smallest absolute Gasteiger partial charge is 0.319 e. The number of morpholine rings is 1. The molecule has 3 heterocycles. The summed E-state index contributed by atoms with van der Waals surface area (Å²) in [6, 6.07) is 2.05. The standard InChI is InChI=1S/C14H18ClN5O2/c1-19-10-11(9-16-19)2-5-22-14-17-12(15)8-13(18-14)20-3-6-21-7-4-20/h8-10H,2-7H2,1H3. The van der Waals surface area contributed by atoms with Gasteiger partial charge >= 0.3 is 6.01 Å². The van der Waals surface area contributed by atoms with Gasteiger partial charge in [-0.2, -0.15) is 15.1 Å². The van der Waals surface area contributed by atoms with Crippen LogP contribution in [0.4, 0.5) is 5.82 Å².